The van der Waals surface area contributed by atoms with Crippen LogP contribution in [0.5, 0.6) is 0 Å². The highest BCUT2D eigenvalue weighted by molar-refractivity contribution is 5.85. The van der Waals surface area contributed by atoms with E-state index < -0.39 is 0 Å². The Morgan fingerprint density at radius 3 is 2.93 bits per heavy atom. The lowest BCUT2D eigenvalue weighted by Crippen LogP contribution is -2.39. The molecule has 0 aromatic carbocycles. The Balaban J connectivity index is 0.000000853. The summed E-state index contributed by atoms with van der Waals surface area (Å²) in [6.07, 6.45) is 5.98. The summed E-state index contributed by atoms with van der Waals surface area (Å²) in [4.78, 5) is 4.14. The lowest BCUT2D eigenvalue weighted by molar-refractivity contribution is -0.0590. The number of aromatic nitrogens is 1. The molecule has 1 saturated heterocycles. The summed E-state index contributed by atoms with van der Waals surface area (Å²) < 4.78 is 5.97. The minimum atomic E-state index is 0. The number of fused-ring (bicyclic) bond motifs is 2. The van der Waals surface area contributed by atoms with Gasteiger partial charge in [0.05, 0.1) is 12.2 Å². The van der Waals surface area contributed by atoms with Gasteiger partial charge >= 0.3 is 0 Å². The first-order chi connectivity index (χ1) is 6.91. The third-order valence-electron chi connectivity index (χ3n) is 3.31. The monoisotopic (exact) mass is 226 g/mol. The van der Waals surface area contributed by atoms with Crippen LogP contribution in [-0.2, 0) is 16.9 Å². The van der Waals surface area contributed by atoms with Crippen LogP contribution in [-0.4, -0.2) is 18.1 Å². The molecule has 1 N–H and O–H groups in total. The largest absolute Gasteiger partial charge is 0.365 e. The lowest BCUT2D eigenvalue weighted by Gasteiger charge is -2.33. The van der Waals surface area contributed by atoms with Gasteiger partial charge in [0.15, 0.2) is 0 Å². The van der Waals surface area contributed by atoms with Crippen molar-refractivity contribution in [3.05, 3.63) is 29.6 Å². The highest BCUT2D eigenvalue weighted by atomic mass is 35.5. The van der Waals surface area contributed by atoms with E-state index in [0.717, 1.165) is 32.5 Å². The minimum Gasteiger partial charge on any atom is -0.365 e. The number of ether oxygens (including phenoxy) is 1. The Hall–Kier alpha value is -0.640. The molecule has 1 spiro atoms. The highest BCUT2D eigenvalue weighted by Crippen LogP contribution is 2.42. The Kier molecular flexibility index (Phi) is 2.96. The molecule has 1 aromatic rings. The minimum absolute atomic E-state index is 0. The van der Waals surface area contributed by atoms with Crippen LogP contribution < -0.4 is 5.32 Å². The Morgan fingerprint density at radius 2 is 2.13 bits per heavy atom. The molecule has 2 aliphatic rings. The molecule has 1 fully saturated rings. The van der Waals surface area contributed by atoms with Crippen LogP contribution in [0.3, 0.4) is 0 Å². The average molecular weight is 227 g/mol. The summed E-state index contributed by atoms with van der Waals surface area (Å²) in [7, 11) is 0. The predicted molar refractivity (Wildman–Crippen MR) is 60.1 cm³/mol. The normalized spacial score (nSPS) is 22.1. The maximum Gasteiger partial charge on any atom is 0.0964 e. The molecule has 0 saturated carbocycles. The number of nitrogens with one attached hydrogen (secondary N) is 1. The number of piperidine rings is 1. The second kappa shape index (κ2) is 4.08. The summed E-state index contributed by atoms with van der Waals surface area (Å²) in [5, 5.41) is 3.37. The fourth-order valence-electron chi connectivity index (χ4n) is 2.52. The summed E-state index contributed by atoms with van der Waals surface area (Å²) in [6, 6.07) is 2.12. The molecule has 0 unspecified atom stereocenters. The Morgan fingerprint density at radius 1 is 1.33 bits per heavy atom. The van der Waals surface area contributed by atoms with Crippen molar-refractivity contribution in [1.29, 1.82) is 0 Å². The van der Waals surface area contributed by atoms with E-state index in [1.54, 1.807) is 0 Å². The zero-order valence-corrected chi connectivity index (χ0v) is 9.35. The van der Waals surface area contributed by atoms with Gasteiger partial charge in [0.2, 0.25) is 0 Å². The van der Waals surface area contributed by atoms with E-state index in [0.29, 0.717) is 0 Å². The van der Waals surface area contributed by atoms with Crippen LogP contribution in [0.15, 0.2) is 18.5 Å². The van der Waals surface area contributed by atoms with Gasteiger partial charge in [0.25, 0.3) is 0 Å². The molecular formula is C11H15ClN2O. The molecule has 0 atom stereocenters. The van der Waals surface area contributed by atoms with Gasteiger partial charge in [-0.05, 0) is 37.6 Å². The van der Waals surface area contributed by atoms with Crippen LogP contribution >= 0.6 is 12.4 Å². The summed E-state index contributed by atoms with van der Waals surface area (Å²) in [6.45, 7) is 2.85. The molecule has 1 aromatic heterocycles. The van der Waals surface area contributed by atoms with Crippen LogP contribution in [0.1, 0.15) is 24.0 Å². The number of rotatable bonds is 0. The van der Waals surface area contributed by atoms with E-state index in [1.807, 2.05) is 12.4 Å². The second-order valence-corrected chi connectivity index (χ2v) is 4.07. The van der Waals surface area contributed by atoms with Gasteiger partial charge in [0, 0.05) is 18.0 Å². The molecule has 0 aliphatic carbocycles. The molecular weight excluding hydrogens is 212 g/mol. The number of hydrogen-bond donors (Lipinski definition) is 1. The fourth-order valence-corrected chi connectivity index (χ4v) is 2.52. The summed E-state index contributed by atoms with van der Waals surface area (Å²) in [5.74, 6) is 0. The first-order valence-corrected chi connectivity index (χ1v) is 5.19. The first kappa shape index (κ1) is 10.9. The lowest BCUT2D eigenvalue weighted by atomic mass is 9.85. The summed E-state index contributed by atoms with van der Waals surface area (Å²) in [5.41, 5.74) is 2.65. The third kappa shape index (κ3) is 1.65. The molecule has 3 rings (SSSR count). The second-order valence-electron chi connectivity index (χ2n) is 4.07. The number of pyridine rings is 1. The summed E-state index contributed by atoms with van der Waals surface area (Å²) >= 11 is 0. The Bertz CT molecular complexity index is 345. The van der Waals surface area contributed by atoms with Crippen LogP contribution in [0.25, 0.3) is 0 Å². The van der Waals surface area contributed by atoms with E-state index >= 15 is 0 Å². The molecule has 0 amide bonds. The average Bonchev–Trinajstić information content (AvgIpc) is 2.60. The number of halogens is 1. The molecule has 0 bridgehead atoms. The van der Waals surface area contributed by atoms with Crippen molar-refractivity contribution in [1.82, 2.24) is 10.3 Å². The van der Waals surface area contributed by atoms with E-state index in [2.05, 4.69) is 16.4 Å². The smallest absolute Gasteiger partial charge is 0.0964 e. The molecule has 3 nitrogen and oxygen atoms in total. The molecule has 3 heterocycles. The van der Waals surface area contributed by atoms with Gasteiger partial charge in [-0.2, -0.15) is 0 Å². The van der Waals surface area contributed by atoms with Gasteiger partial charge in [-0.15, -0.1) is 12.4 Å². The quantitative estimate of drug-likeness (QED) is 0.730. The number of hydrogen-bond acceptors (Lipinski definition) is 3. The van der Waals surface area contributed by atoms with Crippen molar-refractivity contribution in [3.8, 4) is 0 Å². The molecule has 0 radical (unpaired) electrons. The first-order valence-electron chi connectivity index (χ1n) is 5.19. The molecule has 82 valence electrons. The zero-order valence-electron chi connectivity index (χ0n) is 8.53. The van der Waals surface area contributed by atoms with Gasteiger partial charge in [0.1, 0.15) is 0 Å². The van der Waals surface area contributed by atoms with Crippen LogP contribution in [0.4, 0.5) is 0 Å². The van der Waals surface area contributed by atoms with Crippen molar-refractivity contribution in [2.45, 2.75) is 25.0 Å². The van der Waals surface area contributed by atoms with E-state index in [9.17, 15) is 0 Å². The highest BCUT2D eigenvalue weighted by Gasteiger charge is 2.40. The van der Waals surface area contributed by atoms with E-state index in [4.69, 9.17) is 4.74 Å². The van der Waals surface area contributed by atoms with Gasteiger partial charge in [-0.25, -0.2) is 0 Å². The molecule has 15 heavy (non-hydrogen) atoms. The van der Waals surface area contributed by atoms with Crippen molar-refractivity contribution >= 4 is 12.4 Å². The van der Waals surface area contributed by atoms with Crippen molar-refractivity contribution in [3.63, 3.8) is 0 Å². The SMILES string of the molecule is Cl.c1cc2c(cn1)COC21CCNCC1. The maximum absolute atomic E-state index is 5.97. The molecule has 2 aliphatic heterocycles. The Labute approximate surface area is 95.6 Å². The maximum atomic E-state index is 5.97. The van der Waals surface area contributed by atoms with Crippen molar-refractivity contribution < 1.29 is 4.74 Å². The topological polar surface area (TPSA) is 34.1 Å². The van der Waals surface area contributed by atoms with Gasteiger partial charge in [-0.1, -0.05) is 0 Å². The van der Waals surface area contributed by atoms with Gasteiger partial charge in [-0.3, -0.25) is 4.98 Å². The third-order valence-corrected chi connectivity index (χ3v) is 3.31. The van der Waals surface area contributed by atoms with Crippen LogP contribution in [0.2, 0.25) is 0 Å². The van der Waals surface area contributed by atoms with Crippen molar-refractivity contribution in [2.24, 2.45) is 0 Å². The molecule has 4 heteroatoms. The van der Waals surface area contributed by atoms with E-state index in [1.165, 1.54) is 11.1 Å². The zero-order chi connectivity index (χ0) is 9.43. The van der Waals surface area contributed by atoms with Gasteiger partial charge < -0.3 is 10.1 Å². The van der Waals surface area contributed by atoms with E-state index in [-0.39, 0.29) is 18.0 Å². The van der Waals surface area contributed by atoms with Crippen molar-refractivity contribution in [2.75, 3.05) is 13.1 Å². The number of nitrogens with zero attached hydrogens (tertiary/aromatic N) is 1. The van der Waals surface area contributed by atoms with Crippen LogP contribution in [0, 0.1) is 0 Å². The fraction of sp³-hybridized carbons (Fsp3) is 0.545. The standard InChI is InChI=1S/C11H14N2O.ClH/c1-4-13-7-9-8-14-11(10(1)9)2-5-12-6-3-11;/h1,4,7,12H,2-3,5-6,8H2;1H. The predicted octanol–water partition coefficient (Wildman–Crippen LogP) is 1.61.